The molecule has 0 aliphatic heterocycles. The van der Waals surface area contributed by atoms with Crippen LogP contribution in [-0.2, 0) is 13.2 Å². The molecule has 0 saturated heterocycles. The predicted octanol–water partition coefficient (Wildman–Crippen LogP) is 6.00. The molecular formula is C20H24Cl2FNO2. The van der Waals surface area contributed by atoms with Crippen LogP contribution in [0.4, 0.5) is 4.39 Å². The highest BCUT2D eigenvalue weighted by Gasteiger charge is 2.14. The molecule has 0 radical (unpaired) electrons. The lowest BCUT2D eigenvalue weighted by atomic mass is 10.1. The van der Waals surface area contributed by atoms with Crippen LogP contribution in [0.5, 0.6) is 11.5 Å². The fraction of sp³-hybridized carbons (Fsp3) is 0.400. The Kier molecular flexibility index (Phi) is 8.01. The number of benzene rings is 2. The van der Waals surface area contributed by atoms with Crippen LogP contribution in [0.15, 0.2) is 30.3 Å². The van der Waals surface area contributed by atoms with Crippen LogP contribution in [0, 0.1) is 5.82 Å². The van der Waals surface area contributed by atoms with E-state index in [1.54, 1.807) is 6.07 Å². The van der Waals surface area contributed by atoms with Gasteiger partial charge in [-0.25, -0.2) is 4.39 Å². The molecule has 0 aromatic heterocycles. The SMILES string of the molecule is CCOc1cc(CNC(C)CC)cc(Cl)c1OCc1ccc(F)cc1Cl. The molecule has 26 heavy (non-hydrogen) atoms. The first-order valence-corrected chi connectivity index (χ1v) is 9.45. The standard InChI is InChI=1S/C20H24Cl2FNO2/c1-4-13(3)24-11-14-8-18(22)20(19(9-14)25-5-2)26-12-15-6-7-16(23)10-17(15)21/h6-10,13,24H,4-5,11-12H2,1-3H3. The second kappa shape index (κ2) is 10.0. The number of nitrogens with one attached hydrogen (secondary N) is 1. The molecule has 0 aliphatic rings. The molecule has 1 atom stereocenters. The van der Waals surface area contributed by atoms with Gasteiger partial charge in [0.2, 0.25) is 0 Å². The smallest absolute Gasteiger partial charge is 0.180 e. The van der Waals surface area contributed by atoms with E-state index in [9.17, 15) is 4.39 Å². The highest BCUT2D eigenvalue weighted by atomic mass is 35.5. The second-order valence-electron chi connectivity index (χ2n) is 6.05. The van der Waals surface area contributed by atoms with Gasteiger partial charge in [0.15, 0.2) is 11.5 Å². The van der Waals surface area contributed by atoms with Crippen LogP contribution in [0.3, 0.4) is 0 Å². The highest BCUT2D eigenvalue weighted by Crippen LogP contribution is 2.37. The first-order chi connectivity index (χ1) is 12.4. The van der Waals surface area contributed by atoms with Gasteiger partial charge < -0.3 is 14.8 Å². The third kappa shape index (κ3) is 5.76. The van der Waals surface area contributed by atoms with Gasteiger partial charge >= 0.3 is 0 Å². The van der Waals surface area contributed by atoms with Crippen molar-refractivity contribution in [1.29, 1.82) is 0 Å². The van der Waals surface area contributed by atoms with Crippen LogP contribution in [-0.4, -0.2) is 12.6 Å². The normalized spacial score (nSPS) is 12.1. The Morgan fingerprint density at radius 1 is 1.08 bits per heavy atom. The van der Waals surface area contributed by atoms with E-state index < -0.39 is 0 Å². The number of hydrogen-bond acceptors (Lipinski definition) is 3. The highest BCUT2D eigenvalue weighted by molar-refractivity contribution is 6.32. The van der Waals surface area contributed by atoms with E-state index in [0.29, 0.717) is 46.3 Å². The van der Waals surface area contributed by atoms with Crippen molar-refractivity contribution >= 4 is 23.2 Å². The van der Waals surface area contributed by atoms with Crippen LogP contribution in [0.2, 0.25) is 10.0 Å². The lowest BCUT2D eigenvalue weighted by Crippen LogP contribution is -2.24. The summed E-state index contributed by atoms with van der Waals surface area (Å²) in [5, 5.41) is 4.21. The maximum absolute atomic E-state index is 13.2. The van der Waals surface area contributed by atoms with Crippen LogP contribution >= 0.6 is 23.2 Å². The van der Waals surface area contributed by atoms with E-state index in [1.165, 1.54) is 12.1 Å². The Hall–Kier alpha value is -1.49. The zero-order valence-corrected chi connectivity index (χ0v) is 16.8. The van der Waals surface area contributed by atoms with Crippen LogP contribution in [0.25, 0.3) is 0 Å². The predicted molar refractivity (Wildman–Crippen MR) is 105 cm³/mol. The number of rotatable bonds is 9. The number of hydrogen-bond donors (Lipinski definition) is 1. The van der Waals surface area contributed by atoms with Gasteiger partial charge in [-0.1, -0.05) is 36.2 Å². The summed E-state index contributed by atoms with van der Waals surface area (Å²) in [6, 6.07) is 8.40. The summed E-state index contributed by atoms with van der Waals surface area (Å²) in [5.74, 6) is 0.658. The molecule has 0 bridgehead atoms. The van der Waals surface area contributed by atoms with Gasteiger partial charge in [0.05, 0.1) is 16.7 Å². The average molecular weight is 400 g/mol. The summed E-state index contributed by atoms with van der Waals surface area (Å²) < 4.78 is 24.7. The third-order valence-electron chi connectivity index (χ3n) is 4.02. The van der Waals surface area contributed by atoms with Crippen molar-refractivity contribution in [1.82, 2.24) is 5.32 Å². The van der Waals surface area contributed by atoms with Gasteiger partial charge in [0.1, 0.15) is 12.4 Å². The van der Waals surface area contributed by atoms with Gasteiger partial charge in [-0.15, -0.1) is 0 Å². The molecule has 1 N–H and O–H groups in total. The molecule has 0 saturated carbocycles. The topological polar surface area (TPSA) is 30.5 Å². The quantitative estimate of drug-likeness (QED) is 0.560. The van der Waals surface area contributed by atoms with E-state index in [0.717, 1.165) is 12.0 Å². The zero-order chi connectivity index (χ0) is 19.1. The Bertz CT molecular complexity index is 740. The Morgan fingerprint density at radius 3 is 2.50 bits per heavy atom. The Balaban J connectivity index is 2.18. The minimum absolute atomic E-state index is 0.170. The Labute approximate surface area is 164 Å². The summed E-state index contributed by atoms with van der Waals surface area (Å²) in [6.07, 6.45) is 1.05. The summed E-state index contributed by atoms with van der Waals surface area (Å²) in [4.78, 5) is 0. The first-order valence-electron chi connectivity index (χ1n) is 8.69. The van der Waals surface area contributed by atoms with Gasteiger partial charge in [0, 0.05) is 18.2 Å². The molecule has 0 fully saturated rings. The zero-order valence-electron chi connectivity index (χ0n) is 15.2. The molecule has 2 aromatic rings. The number of ether oxygens (including phenoxy) is 2. The molecule has 0 heterocycles. The molecule has 1 unspecified atom stereocenters. The fourth-order valence-corrected chi connectivity index (χ4v) is 2.86. The molecule has 0 amide bonds. The summed E-state index contributed by atoms with van der Waals surface area (Å²) in [7, 11) is 0. The monoisotopic (exact) mass is 399 g/mol. The van der Waals surface area contributed by atoms with Crippen molar-refractivity contribution in [3.63, 3.8) is 0 Å². The van der Waals surface area contributed by atoms with Crippen LogP contribution in [0.1, 0.15) is 38.3 Å². The lowest BCUT2D eigenvalue weighted by molar-refractivity contribution is 0.269. The molecular weight excluding hydrogens is 376 g/mol. The fourth-order valence-electron chi connectivity index (χ4n) is 2.35. The van der Waals surface area contributed by atoms with Gasteiger partial charge in [0.25, 0.3) is 0 Å². The molecule has 0 aliphatic carbocycles. The third-order valence-corrected chi connectivity index (χ3v) is 4.66. The Morgan fingerprint density at radius 2 is 1.85 bits per heavy atom. The van der Waals surface area contributed by atoms with Crippen molar-refractivity contribution in [2.75, 3.05) is 6.61 Å². The summed E-state index contributed by atoms with van der Waals surface area (Å²) in [5.41, 5.74) is 1.69. The van der Waals surface area contributed by atoms with Crippen molar-refractivity contribution in [3.05, 3.63) is 57.3 Å². The molecule has 2 aromatic carbocycles. The summed E-state index contributed by atoms with van der Waals surface area (Å²) >= 11 is 12.5. The van der Waals surface area contributed by atoms with Gasteiger partial charge in [-0.2, -0.15) is 0 Å². The van der Waals surface area contributed by atoms with Crippen LogP contribution < -0.4 is 14.8 Å². The maximum Gasteiger partial charge on any atom is 0.180 e. The first kappa shape index (κ1) is 20.8. The lowest BCUT2D eigenvalue weighted by Gasteiger charge is -2.17. The largest absolute Gasteiger partial charge is 0.490 e. The number of halogens is 3. The van der Waals surface area contributed by atoms with E-state index >= 15 is 0 Å². The summed E-state index contributed by atoms with van der Waals surface area (Å²) in [6.45, 7) is 7.52. The molecule has 0 spiro atoms. The van der Waals surface area contributed by atoms with Gasteiger partial charge in [-0.05, 0) is 50.1 Å². The van der Waals surface area contributed by atoms with E-state index in [-0.39, 0.29) is 12.4 Å². The minimum atomic E-state index is -0.384. The van der Waals surface area contributed by atoms with E-state index in [4.69, 9.17) is 32.7 Å². The van der Waals surface area contributed by atoms with Gasteiger partial charge in [-0.3, -0.25) is 0 Å². The van der Waals surface area contributed by atoms with Crippen molar-refractivity contribution in [2.45, 2.75) is 46.4 Å². The minimum Gasteiger partial charge on any atom is -0.490 e. The molecule has 6 heteroatoms. The maximum atomic E-state index is 13.2. The van der Waals surface area contributed by atoms with Crippen molar-refractivity contribution in [2.24, 2.45) is 0 Å². The second-order valence-corrected chi connectivity index (χ2v) is 6.87. The molecule has 3 nitrogen and oxygen atoms in total. The molecule has 142 valence electrons. The average Bonchev–Trinajstić information content (AvgIpc) is 2.60. The van der Waals surface area contributed by atoms with E-state index in [1.807, 2.05) is 19.1 Å². The van der Waals surface area contributed by atoms with Crippen molar-refractivity contribution < 1.29 is 13.9 Å². The van der Waals surface area contributed by atoms with Crippen molar-refractivity contribution in [3.8, 4) is 11.5 Å². The molecule has 2 rings (SSSR count). The van der Waals surface area contributed by atoms with E-state index in [2.05, 4.69) is 19.2 Å².